The maximum absolute atomic E-state index is 6.29. The highest BCUT2D eigenvalue weighted by Gasteiger charge is 2.36. The van der Waals surface area contributed by atoms with Gasteiger partial charge in [-0.2, -0.15) is 0 Å². The molecule has 2 atom stereocenters. The molecule has 23 heavy (non-hydrogen) atoms. The van der Waals surface area contributed by atoms with Crippen LogP contribution in [0, 0.1) is 5.92 Å². The molecule has 1 heterocycles. The van der Waals surface area contributed by atoms with E-state index in [1.165, 1.54) is 0 Å². The lowest BCUT2D eigenvalue weighted by Crippen LogP contribution is -2.41. The number of hydrogen-bond donors (Lipinski definition) is 0. The Morgan fingerprint density at radius 1 is 1.30 bits per heavy atom. The molecular weight excluding hydrogens is 320 g/mol. The molecule has 0 radical (unpaired) electrons. The third-order valence-electron chi connectivity index (χ3n) is 4.57. The second kappa shape index (κ2) is 8.99. The van der Waals surface area contributed by atoms with Crippen LogP contribution in [0.4, 0.5) is 0 Å². The topological polar surface area (TPSA) is 35.0 Å². The zero-order chi connectivity index (χ0) is 17.5. The number of allylic oxidation sites excluding steroid dienone is 1. The summed E-state index contributed by atoms with van der Waals surface area (Å²) in [5, 5.41) is 1.58. The van der Waals surface area contributed by atoms with Crippen LogP contribution in [0.15, 0.2) is 36.3 Å². The Labute approximate surface area is 147 Å². The molecule has 3 nitrogen and oxygen atoms in total. The van der Waals surface area contributed by atoms with Crippen molar-refractivity contribution in [1.29, 1.82) is 0 Å². The van der Waals surface area contributed by atoms with Gasteiger partial charge in [-0.3, -0.25) is 0 Å². The molecule has 0 amide bonds. The van der Waals surface area contributed by atoms with Crippen molar-refractivity contribution >= 4 is 20.1 Å². The number of rotatable bonds is 9. The van der Waals surface area contributed by atoms with E-state index in [0.29, 0.717) is 11.2 Å². The molecule has 0 saturated heterocycles. The van der Waals surface area contributed by atoms with Gasteiger partial charge < -0.3 is 4.43 Å². The Hall–Kier alpha value is -0.653. The average Bonchev–Trinajstić information content (AvgIpc) is 2.45. The Morgan fingerprint density at radius 3 is 2.43 bits per heavy atom. The Balaban J connectivity index is 2.41. The van der Waals surface area contributed by atoms with Crippen molar-refractivity contribution < 1.29 is 4.43 Å². The average molecular weight is 353 g/mol. The first-order chi connectivity index (χ1) is 10.7. The van der Waals surface area contributed by atoms with Crippen LogP contribution in [0.3, 0.4) is 0 Å². The van der Waals surface area contributed by atoms with Crippen LogP contribution in [-0.4, -0.2) is 30.1 Å². The van der Waals surface area contributed by atoms with E-state index in [1.54, 1.807) is 24.2 Å². The van der Waals surface area contributed by atoms with Gasteiger partial charge in [0.05, 0.1) is 0 Å². The summed E-state index contributed by atoms with van der Waals surface area (Å²) in [6, 6.07) is 1.85. The summed E-state index contributed by atoms with van der Waals surface area (Å²) in [6.07, 6.45) is 7.77. The monoisotopic (exact) mass is 352 g/mol. The molecule has 0 aliphatic heterocycles. The van der Waals surface area contributed by atoms with Gasteiger partial charge in [0.25, 0.3) is 0 Å². The van der Waals surface area contributed by atoms with Crippen molar-refractivity contribution in [2.75, 3.05) is 6.61 Å². The van der Waals surface area contributed by atoms with Gasteiger partial charge in [0.1, 0.15) is 0 Å². The number of thioether (sulfide) groups is 1. The van der Waals surface area contributed by atoms with Crippen LogP contribution in [0.25, 0.3) is 0 Å². The maximum Gasteiger partial charge on any atom is 0.191 e. The third kappa shape index (κ3) is 7.19. The fraction of sp³-hybridized carbons (Fsp3) is 0.667. The molecule has 0 saturated carbocycles. The lowest BCUT2D eigenvalue weighted by molar-refractivity contribution is 0.264. The van der Waals surface area contributed by atoms with Crippen LogP contribution in [0.1, 0.15) is 40.5 Å². The second-order valence-electron chi connectivity index (χ2n) is 7.59. The molecule has 0 unspecified atom stereocenters. The summed E-state index contributed by atoms with van der Waals surface area (Å²) in [6.45, 7) is 18.5. The van der Waals surface area contributed by atoms with E-state index in [0.717, 1.165) is 24.6 Å². The second-order valence-corrected chi connectivity index (χ2v) is 13.8. The van der Waals surface area contributed by atoms with Crippen molar-refractivity contribution in [3.05, 3.63) is 31.1 Å². The summed E-state index contributed by atoms with van der Waals surface area (Å²) < 4.78 is 6.29. The molecule has 1 aromatic heterocycles. The molecule has 130 valence electrons. The third-order valence-corrected chi connectivity index (χ3v) is 10.1. The summed E-state index contributed by atoms with van der Waals surface area (Å²) in [4.78, 5) is 8.56. The van der Waals surface area contributed by atoms with Crippen LogP contribution >= 0.6 is 11.8 Å². The van der Waals surface area contributed by atoms with Crippen LogP contribution in [-0.2, 0) is 4.43 Å². The van der Waals surface area contributed by atoms with E-state index >= 15 is 0 Å². The van der Waals surface area contributed by atoms with E-state index in [-0.39, 0.29) is 5.04 Å². The van der Waals surface area contributed by atoms with E-state index in [4.69, 9.17) is 4.43 Å². The van der Waals surface area contributed by atoms with Crippen molar-refractivity contribution in [2.45, 2.75) is 69.1 Å². The highest BCUT2D eigenvalue weighted by Crippen LogP contribution is 2.37. The number of nitrogens with zero attached hydrogens (tertiary/aromatic N) is 2. The first-order valence-corrected chi connectivity index (χ1v) is 12.1. The lowest BCUT2D eigenvalue weighted by atomic mass is 10.0. The molecule has 0 N–H and O–H groups in total. The molecule has 0 spiro atoms. The van der Waals surface area contributed by atoms with E-state index in [2.05, 4.69) is 63.4 Å². The minimum absolute atomic E-state index is 0.268. The quantitative estimate of drug-likeness (QED) is 0.252. The Bertz CT molecular complexity index is 474. The molecule has 0 aliphatic rings. The number of hydrogen-bond acceptors (Lipinski definition) is 4. The van der Waals surface area contributed by atoms with Gasteiger partial charge in [-0.15, -0.1) is 6.58 Å². The molecule has 0 aliphatic carbocycles. The van der Waals surface area contributed by atoms with Crippen LogP contribution < -0.4 is 0 Å². The Kier molecular flexibility index (Phi) is 7.97. The van der Waals surface area contributed by atoms with Gasteiger partial charge in [-0.25, -0.2) is 9.97 Å². The summed E-state index contributed by atoms with van der Waals surface area (Å²) in [7, 11) is -1.64. The molecule has 0 aromatic carbocycles. The predicted molar refractivity (Wildman–Crippen MR) is 103 cm³/mol. The minimum Gasteiger partial charge on any atom is -0.417 e. The summed E-state index contributed by atoms with van der Waals surface area (Å²) in [5.74, 6) is 0.478. The number of aromatic nitrogens is 2. The molecule has 1 aromatic rings. The zero-order valence-electron chi connectivity index (χ0n) is 15.5. The molecule has 0 bridgehead atoms. The summed E-state index contributed by atoms with van der Waals surface area (Å²) >= 11 is 1.73. The maximum atomic E-state index is 6.29. The predicted octanol–water partition coefficient (Wildman–Crippen LogP) is 5.56. The van der Waals surface area contributed by atoms with Gasteiger partial charge >= 0.3 is 0 Å². The van der Waals surface area contributed by atoms with Gasteiger partial charge in [-0.05, 0) is 43.0 Å². The van der Waals surface area contributed by atoms with Crippen molar-refractivity contribution in [3.8, 4) is 0 Å². The molecule has 1 rings (SSSR count). The SMILES string of the molecule is C=C[C@H](CCO[Si](C)(C)C(C)(C)C)C[C@@H](C)Sc1ncccn1. The fourth-order valence-corrected chi connectivity index (χ4v) is 4.02. The first kappa shape index (κ1) is 20.4. The fourth-order valence-electron chi connectivity index (χ4n) is 2.01. The minimum atomic E-state index is -1.64. The van der Waals surface area contributed by atoms with Crippen molar-refractivity contribution in [3.63, 3.8) is 0 Å². The highest BCUT2D eigenvalue weighted by molar-refractivity contribution is 7.99. The zero-order valence-corrected chi connectivity index (χ0v) is 17.3. The highest BCUT2D eigenvalue weighted by atomic mass is 32.2. The normalized spacial score (nSPS) is 15.2. The van der Waals surface area contributed by atoms with E-state index in [9.17, 15) is 0 Å². The summed E-state index contributed by atoms with van der Waals surface area (Å²) in [5.41, 5.74) is 0. The smallest absolute Gasteiger partial charge is 0.191 e. The molecule has 5 heteroatoms. The van der Waals surface area contributed by atoms with Gasteiger partial charge in [0.2, 0.25) is 0 Å². The standard InChI is InChI=1S/C18H32N2OSSi/c1-8-16(10-13-21-23(6,7)18(3,4)5)14-15(2)22-17-19-11-9-12-20-17/h8-9,11-12,15-16H,1,10,13-14H2,2-7H3/t15-,16-/m1/s1. The van der Waals surface area contributed by atoms with Crippen molar-refractivity contribution in [2.24, 2.45) is 5.92 Å². The van der Waals surface area contributed by atoms with Gasteiger partial charge in [-0.1, -0.05) is 45.5 Å². The van der Waals surface area contributed by atoms with Crippen molar-refractivity contribution in [1.82, 2.24) is 9.97 Å². The van der Waals surface area contributed by atoms with Gasteiger partial charge in [0, 0.05) is 24.3 Å². The van der Waals surface area contributed by atoms with E-state index < -0.39 is 8.32 Å². The van der Waals surface area contributed by atoms with Gasteiger partial charge in [0.15, 0.2) is 13.5 Å². The Morgan fingerprint density at radius 2 is 1.91 bits per heavy atom. The van der Waals surface area contributed by atoms with Crippen LogP contribution in [0.2, 0.25) is 18.1 Å². The van der Waals surface area contributed by atoms with E-state index in [1.807, 2.05) is 6.07 Å². The molecule has 0 fully saturated rings. The lowest BCUT2D eigenvalue weighted by Gasteiger charge is -2.36. The largest absolute Gasteiger partial charge is 0.417 e. The molecular formula is C18H32N2OSSi. The first-order valence-electron chi connectivity index (χ1n) is 8.36. The van der Waals surface area contributed by atoms with Crippen LogP contribution in [0.5, 0.6) is 0 Å².